The van der Waals surface area contributed by atoms with E-state index in [0.717, 1.165) is 16.9 Å². The van der Waals surface area contributed by atoms with Crippen LogP contribution in [0.25, 0.3) is 0 Å². The number of hydrogen-bond acceptors (Lipinski definition) is 3. The lowest BCUT2D eigenvalue weighted by Crippen LogP contribution is -2.13. The number of benzene rings is 2. The van der Waals surface area contributed by atoms with Crippen LogP contribution >= 0.6 is 0 Å². The molecule has 0 unspecified atom stereocenters. The second kappa shape index (κ2) is 7.42. The summed E-state index contributed by atoms with van der Waals surface area (Å²) in [6.07, 6.45) is 1.72. The van der Waals surface area contributed by atoms with E-state index in [-0.39, 0.29) is 5.91 Å². The molecular formula is C20H18N2O2. The van der Waals surface area contributed by atoms with Gasteiger partial charge in [0.2, 0.25) is 0 Å². The van der Waals surface area contributed by atoms with Crippen LogP contribution < -0.4 is 10.1 Å². The molecule has 4 nitrogen and oxygen atoms in total. The van der Waals surface area contributed by atoms with Crippen molar-refractivity contribution in [3.8, 4) is 5.75 Å². The highest BCUT2D eigenvalue weighted by molar-refractivity contribution is 6.03. The van der Waals surface area contributed by atoms with E-state index < -0.39 is 0 Å². The molecule has 1 N–H and O–H groups in total. The molecule has 0 saturated carbocycles. The Morgan fingerprint density at radius 3 is 2.42 bits per heavy atom. The Balaban J connectivity index is 1.59. The second-order valence-corrected chi connectivity index (χ2v) is 5.47. The Hall–Kier alpha value is -3.14. The number of carbonyl (C=O) groups excluding carboxylic acids is 1. The van der Waals surface area contributed by atoms with E-state index in [2.05, 4.69) is 10.3 Å². The van der Waals surface area contributed by atoms with Crippen molar-refractivity contribution in [3.05, 3.63) is 89.6 Å². The molecule has 0 fully saturated rings. The maximum atomic E-state index is 12.2. The van der Waals surface area contributed by atoms with E-state index in [1.165, 1.54) is 0 Å². The van der Waals surface area contributed by atoms with Crippen molar-refractivity contribution in [1.29, 1.82) is 0 Å². The molecule has 3 aromatic rings. The van der Waals surface area contributed by atoms with Crippen LogP contribution in [0, 0.1) is 6.92 Å². The molecule has 1 amide bonds. The summed E-state index contributed by atoms with van der Waals surface area (Å²) in [4.78, 5) is 16.4. The number of amides is 1. The van der Waals surface area contributed by atoms with Crippen LogP contribution in [0.15, 0.2) is 72.9 Å². The first-order valence-electron chi connectivity index (χ1n) is 7.71. The number of rotatable bonds is 5. The third-order valence-corrected chi connectivity index (χ3v) is 3.52. The maximum Gasteiger partial charge on any atom is 0.256 e. The zero-order valence-corrected chi connectivity index (χ0v) is 13.4. The minimum Gasteiger partial charge on any atom is -0.489 e. The molecule has 24 heavy (non-hydrogen) atoms. The molecule has 4 heteroatoms. The molecule has 0 aliphatic carbocycles. The van der Waals surface area contributed by atoms with Crippen LogP contribution in [0.1, 0.15) is 21.5 Å². The van der Waals surface area contributed by atoms with Crippen LogP contribution in [0.4, 0.5) is 5.82 Å². The molecule has 0 saturated heterocycles. The van der Waals surface area contributed by atoms with E-state index in [1.54, 1.807) is 24.4 Å². The molecule has 0 atom stereocenters. The number of hydrogen-bond donors (Lipinski definition) is 1. The third-order valence-electron chi connectivity index (χ3n) is 3.52. The van der Waals surface area contributed by atoms with E-state index in [1.807, 2.05) is 55.5 Å². The van der Waals surface area contributed by atoms with Gasteiger partial charge in [-0.1, -0.05) is 36.4 Å². The lowest BCUT2D eigenvalue weighted by atomic mass is 10.1. The number of para-hydroxylation sites is 1. The average molecular weight is 318 g/mol. The van der Waals surface area contributed by atoms with E-state index in [9.17, 15) is 4.79 Å². The van der Waals surface area contributed by atoms with Gasteiger partial charge in [0.05, 0.1) is 0 Å². The highest BCUT2D eigenvalue weighted by atomic mass is 16.5. The molecule has 0 aliphatic heterocycles. The van der Waals surface area contributed by atoms with Gasteiger partial charge in [0.25, 0.3) is 5.91 Å². The fourth-order valence-corrected chi connectivity index (χ4v) is 2.17. The fraction of sp³-hybridized carbons (Fsp3) is 0.100. The molecule has 0 spiro atoms. The van der Waals surface area contributed by atoms with Crippen molar-refractivity contribution in [2.45, 2.75) is 13.5 Å². The Kier molecular flexibility index (Phi) is 4.87. The van der Waals surface area contributed by atoms with Crippen molar-refractivity contribution in [2.24, 2.45) is 0 Å². The summed E-state index contributed by atoms with van der Waals surface area (Å²) in [5.74, 6) is 1.19. The number of aromatic nitrogens is 1. The Bertz CT molecular complexity index is 797. The number of carbonyl (C=O) groups is 1. The summed E-state index contributed by atoms with van der Waals surface area (Å²) >= 11 is 0. The van der Waals surface area contributed by atoms with Crippen LogP contribution in [-0.2, 0) is 6.61 Å². The first-order chi connectivity index (χ1) is 11.7. The summed E-state index contributed by atoms with van der Waals surface area (Å²) < 4.78 is 5.69. The number of anilines is 1. The van der Waals surface area contributed by atoms with Gasteiger partial charge < -0.3 is 10.1 Å². The van der Waals surface area contributed by atoms with Crippen molar-refractivity contribution in [1.82, 2.24) is 4.98 Å². The lowest BCUT2D eigenvalue weighted by molar-refractivity contribution is 0.102. The Labute approximate surface area is 141 Å². The highest BCUT2D eigenvalue weighted by Crippen LogP contribution is 2.13. The zero-order valence-electron chi connectivity index (χ0n) is 13.4. The van der Waals surface area contributed by atoms with Gasteiger partial charge in [0, 0.05) is 11.8 Å². The van der Waals surface area contributed by atoms with E-state index in [4.69, 9.17) is 4.74 Å². The molecule has 0 aliphatic rings. The molecule has 0 radical (unpaired) electrons. The van der Waals surface area contributed by atoms with Gasteiger partial charge in [-0.25, -0.2) is 4.98 Å². The van der Waals surface area contributed by atoms with E-state index >= 15 is 0 Å². The summed E-state index contributed by atoms with van der Waals surface area (Å²) in [6.45, 7) is 2.42. The van der Waals surface area contributed by atoms with Gasteiger partial charge in [-0.3, -0.25) is 4.79 Å². The monoisotopic (exact) mass is 318 g/mol. The van der Waals surface area contributed by atoms with Gasteiger partial charge in [-0.15, -0.1) is 0 Å². The smallest absolute Gasteiger partial charge is 0.256 e. The van der Waals surface area contributed by atoms with Gasteiger partial charge in [0.1, 0.15) is 18.2 Å². The van der Waals surface area contributed by atoms with Crippen LogP contribution in [0.2, 0.25) is 0 Å². The topological polar surface area (TPSA) is 51.2 Å². The van der Waals surface area contributed by atoms with Crippen LogP contribution in [-0.4, -0.2) is 10.9 Å². The molecule has 120 valence electrons. The number of ether oxygens (including phenoxy) is 1. The SMILES string of the molecule is Cc1ccc(NC(=O)c2ccc(COc3ccccc3)cc2)nc1. The molecular weight excluding hydrogens is 300 g/mol. The average Bonchev–Trinajstić information content (AvgIpc) is 2.63. The quantitative estimate of drug-likeness (QED) is 0.766. The Morgan fingerprint density at radius 2 is 1.75 bits per heavy atom. The van der Waals surface area contributed by atoms with Crippen LogP contribution in [0.3, 0.4) is 0 Å². The van der Waals surface area contributed by atoms with Gasteiger partial charge in [-0.05, 0) is 48.4 Å². The first-order valence-corrected chi connectivity index (χ1v) is 7.71. The number of nitrogens with one attached hydrogen (secondary N) is 1. The van der Waals surface area contributed by atoms with Crippen molar-refractivity contribution in [3.63, 3.8) is 0 Å². The summed E-state index contributed by atoms with van der Waals surface area (Å²) in [5.41, 5.74) is 2.64. The standard InChI is InChI=1S/C20H18N2O2/c1-15-7-12-19(21-13-15)22-20(23)17-10-8-16(9-11-17)14-24-18-5-3-2-4-6-18/h2-13H,14H2,1H3,(H,21,22,23). The normalized spacial score (nSPS) is 10.2. The Morgan fingerprint density at radius 1 is 1.00 bits per heavy atom. The third kappa shape index (κ3) is 4.20. The summed E-state index contributed by atoms with van der Waals surface area (Å²) in [6, 6.07) is 20.7. The second-order valence-electron chi connectivity index (χ2n) is 5.47. The van der Waals surface area contributed by atoms with Crippen molar-refractivity contribution in [2.75, 3.05) is 5.32 Å². The van der Waals surface area contributed by atoms with E-state index in [0.29, 0.717) is 18.0 Å². The first kappa shape index (κ1) is 15.7. The van der Waals surface area contributed by atoms with Gasteiger partial charge >= 0.3 is 0 Å². The highest BCUT2D eigenvalue weighted by Gasteiger charge is 2.07. The zero-order chi connectivity index (χ0) is 16.8. The minimum absolute atomic E-state index is 0.179. The predicted octanol–water partition coefficient (Wildman–Crippen LogP) is 4.22. The van der Waals surface area contributed by atoms with Crippen LogP contribution in [0.5, 0.6) is 5.75 Å². The summed E-state index contributed by atoms with van der Waals surface area (Å²) in [5, 5.41) is 2.78. The lowest BCUT2D eigenvalue weighted by Gasteiger charge is -2.08. The van der Waals surface area contributed by atoms with Gasteiger partial charge in [-0.2, -0.15) is 0 Å². The molecule has 1 aromatic heterocycles. The van der Waals surface area contributed by atoms with Crippen molar-refractivity contribution >= 4 is 11.7 Å². The molecule has 2 aromatic carbocycles. The predicted molar refractivity (Wildman–Crippen MR) is 94.1 cm³/mol. The maximum absolute atomic E-state index is 12.2. The largest absolute Gasteiger partial charge is 0.489 e. The fourth-order valence-electron chi connectivity index (χ4n) is 2.17. The van der Waals surface area contributed by atoms with Gasteiger partial charge in [0.15, 0.2) is 0 Å². The molecule has 1 heterocycles. The number of aryl methyl sites for hydroxylation is 1. The minimum atomic E-state index is -0.179. The molecule has 3 rings (SSSR count). The number of pyridine rings is 1. The number of nitrogens with zero attached hydrogens (tertiary/aromatic N) is 1. The summed E-state index contributed by atoms with van der Waals surface area (Å²) in [7, 11) is 0. The molecule has 0 bridgehead atoms. The van der Waals surface area contributed by atoms with Crippen molar-refractivity contribution < 1.29 is 9.53 Å².